The Balaban J connectivity index is 2.14. The zero-order valence-electron chi connectivity index (χ0n) is 8.13. The van der Waals surface area contributed by atoms with Crippen molar-refractivity contribution in [1.29, 1.82) is 0 Å². The number of rotatable bonds is 2. The van der Waals surface area contributed by atoms with Gasteiger partial charge in [-0.1, -0.05) is 11.6 Å². The maximum atomic E-state index is 12.0. The lowest BCUT2D eigenvalue weighted by Gasteiger charge is -2.07. The average Bonchev–Trinajstić information content (AvgIpc) is 2.74. The predicted octanol–water partition coefficient (Wildman–Crippen LogP) is 3.91. The first-order chi connectivity index (χ1) is 7.08. The highest BCUT2D eigenvalue weighted by Crippen LogP contribution is 2.34. The van der Waals surface area contributed by atoms with Crippen LogP contribution in [-0.4, -0.2) is 18.0 Å². The number of hydrogen-bond acceptors (Lipinski definition) is 3. The molecule has 0 aromatic carbocycles. The normalized spacial score (nSPS) is 25.8. The molecule has 15 heavy (non-hydrogen) atoms. The number of ether oxygens (including phenoxy) is 1. The summed E-state index contributed by atoms with van der Waals surface area (Å²) >= 11 is 10.5. The minimum Gasteiger partial charge on any atom is -0.367 e. The second kappa shape index (κ2) is 4.53. The van der Waals surface area contributed by atoms with E-state index in [9.17, 15) is 4.79 Å². The monoisotopic (exact) mass is 308 g/mol. The Bertz CT molecular complexity index is 371. The first-order valence-corrected chi connectivity index (χ1v) is 6.71. The number of ketones is 1. The molecule has 1 aromatic heterocycles. The minimum atomic E-state index is -0.276. The standard InChI is InChI=1S/C10H10BrClO2S/c1-5-2-3-7(14-5)9(13)8-4-6(12)10(11)15-8/h4-5,7H,2-3H2,1H3. The third kappa shape index (κ3) is 2.44. The largest absolute Gasteiger partial charge is 0.367 e. The highest BCUT2D eigenvalue weighted by atomic mass is 79.9. The van der Waals surface area contributed by atoms with Gasteiger partial charge in [0.05, 0.1) is 19.8 Å². The summed E-state index contributed by atoms with van der Waals surface area (Å²) in [6.07, 6.45) is 1.68. The van der Waals surface area contributed by atoms with Crippen molar-refractivity contribution in [3.63, 3.8) is 0 Å². The van der Waals surface area contributed by atoms with Gasteiger partial charge in [-0.15, -0.1) is 11.3 Å². The Morgan fingerprint density at radius 2 is 2.40 bits per heavy atom. The molecule has 1 aliphatic rings. The topological polar surface area (TPSA) is 26.3 Å². The number of carbonyl (C=O) groups is 1. The SMILES string of the molecule is CC1CCC(C(=O)c2cc(Cl)c(Br)s2)O1. The van der Waals surface area contributed by atoms with Crippen LogP contribution in [0.15, 0.2) is 9.85 Å². The van der Waals surface area contributed by atoms with E-state index in [0.717, 1.165) is 16.6 Å². The van der Waals surface area contributed by atoms with Crippen LogP contribution in [0.5, 0.6) is 0 Å². The van der Waals surface area contributed by atoms with Crippen molar-refractivity contribution in [3.8, 4) is 0 Å². The number of halogens is 2. The minimum absolute atomic E-state index is 0.0527. The van der Waals surface area contributed by atoms with Crippen molar-refractivity contribution in [2.75, 3.05) is 0 Å². The smallest absolute Gasteiger partial charge is 0.201 e. The molecular formula is C10H10BrClO2S. The second-order valence-corrected chi connectivity index (χ2v) is 6.39. The number of thiophene rings is 1. The molecule has 0 amide bonds. The van der Waals surface area contributed by atoms with Crippen molar-refractivity contribution in [3.05, 3.63) is 19.8 Å². The Labute approximate surface area is 106 Å². The molecule has 0 bridgehead atoms. The van der Waals surface area contributed by atoms with Crippen molar-refractivity contribution >= 4 is 44.7 Å². The summed E-state index contributed by atoms with van der Waals surface area (Å²) in [5, 5.41) is 0.592. The first-order valence-electron chi connectivity index (χ1n) is 4.72. The molecule has 2 nitrogen and oxygen atoms in total. The summed E-state index contributed by atoms with van der Waals surface area (Å²) in [7, 11) is 0. The fourth-order valence-corrected chi connectivity index (χ4v) is 3.31. The molecule has 2 unspecified atom stereocenters. The van der Waals surface area contributed by atoms with Gasteiger partial charge in [-0.3, -0.25) is 4.79 Å². The molecule has 0 saturated carbocycles. The maximum absolute atomic E-state index is 12.0. The fraction of sp³-hybridized carbons (Fsp3) is 0.500. The average molecular weight is 310 g/mol. The lowest BCUT2D eigenvalue weighted by atomic mass is 10.1. The van der Waals surface area contributed by atoms with Crippen molar-refractivity contribution in [2.45, 2.75) is 32.0 Å². The maximum Gasteiger partial charge on any atom is 0.201 e. The summed E-state index contributed by atoms with van der Waals surface area (Å²) in [6.45, 7) is 1.99. The third-order valence-electron chi connectivity index (χ3n) is 2.41. The lowest BCUT2D eigenvalue weighted by Crippen LogP contribution is -2.19. The van der Waals surface area contributed by atoms with E-state index >= 15 is 0 Å². The quantitative estimate of drug-likeness (QED) is 0.774. The van der Waals surface area contributed by atoms with Gasteiger partial charge < -0.3 is 4.74 Å². The van der Waals surface area contributed by atoms with E-state index in [1.807, 2.05) is 6.92 Å². The number of hydrogen-bond donors (Lipinski definition) is 0. The van der Waals surface area contributed by atoms with Gasteiger partial charge in [0.2, 0.25) is 5.78 Å². The van der Waals surface area contributed by atoms with E-state index in [2.05, 4.69) is 15.9 Å². The van der Waals surface area contributed by atoms with Crippen LogP contribution in [0.3, 0.4) is 0 Å². The summed E-state index contributed by atoms with van der Waals surface area (Å²) in [5.74, 6) is 0.0527. The zero-order chi connectivity index (χ0) is 11.0. The zero-order valence-corrected chi connectivity index (χ0v) is 11.3. The summed E-state index contributed by atoms with van der Waals surface area (Å²) in [5.41, 5.74) is 0. The van der Waals surface area contributed by atoms with Crippen molar-refractivity contribution < 1.29 is 9.53 Å². The van der Waals surface area contributed by atoms with Crippen LogP contribution in [0, 0.1) is 0 Å². The van der Waals surface area contributed by atoms with E-state index in [4.69, 9.17) is 16.3 Å². The molecule has 0 spiro atoms. The summed E-state index contributed by atoms with van der Waals surface area (Å²) < 4.78 is 6.33. The molecule has 5 heteroatoms. The van der Waals surface area contributed by atoms with Crippen molar-refractivity contribution in [2.24, 2.45) is 0 Å². The van der Waals surface area contributed by atoms with E-state index in [-0.39, 0.29) is 18.0 Å². The van der Waals surface area contributed by atoms with Crippen LogP contribution in [-0.2, 0) is 4.74 Å². The van der Waals surface area contributed by atoms with E-state index in [0.29, 0.717) is 9.90 Å². The summed E-state index contributed by atoms with van der Waals surface area (Å²) in [6, 6.07) is 1.70. The lowest BCUT2D eigenvalue weighted by molar-refractivity contribution is 0.0437. The molecule has 2 rings (SSSR count). The summed E-state index contributed by atoms with van der Waals surface area (Å²) in [4.78, 5) is 12.6. The molecule has 0 aliphatic carbocycles. The Kier molecular flexibility index (Phi) is 3.50. The van der Waals surface area contributed by atoms with Gasteiger partial charge in [-0.2, -0.15) is 0 Å². The molecular weight excluding hydrogens is 300 g/mol. The molecule has 82 valence electrons. The van der Waals surface area contributed by atoms with E-state index < -0.39 is 0 Å². The van der Waals surface area contributed by atoms with Gasteiger partial charge in [-0.05, 0) is 41.8 Å². The number of carbonyl (C=O) groups excluding carboxylic acids is 1. The molecule has 2 atom stereocenters. The van der Waals surface area contributed by atoms with Gasteiger partial charge in [0.25, 0.3) is 0 Å². The van der Waals surface area contributed by atoms with Crippen LogP contribution in [0.2, 0.25) is 5.02 Å². The highest BCUT2D eigenvalue weighted by Gasteiger charge is 2.30. The highest BCUT2D eigenvalue weighted by molar-refractivity contribution is 9.11. The van der Waals surface area contributed by atoms with Crippen LogP contribution < -0.4 is 0 Å². The Hall–Kier alpha value is 0.1000. The van der Waals surface area contributed by atoms with Crippen molar-refractivity contribution in [1.82, 2.24) is 0 Å². The van der Waals surface area contributed by atoms with Gasteiger partial charge in [0, 0.05) is 0 Å². The van der Waals surface area contributed by atoms with Crippen LogP contribution >= 0.6 is 38.9 Å². The van der Waals surface area contributed by atoms with E-state index in [1.165, 1.54) is 11.3 Å². The fourth-order valence-electron chi connectivity index (χ4n) is 1.62. The predicted molar refractivity (Wildman–Crippen MR) is 64.9 cm³/mol. The van der Waals surface area contributed by atoms with Gasteiger partial charge >= 0.3 is 0 Å². The van der Waals surface area contributed by atoms with Crippen LogP contribution in [0.1, 0.15) is 29.4 Å². The molecule has 1 saturated heterocycles. The molecule has 0 radical (unpaired) electrons. The Morgan fingerprint density at radius 3 is 2.87 bits per heavy atom. The third-order valence-corrected chi connectivity index (χ3v) is 4.90. The number of Topliss-reactive ketones (excluding diaryl/α,β-unsaturated/α-hetero) is 1. The molecule has 1 aromatic rings. The van der Waals surface area contributed by atoms with Gasteiger partial charge in [0.15, 0.2) is 0 Å². The second-order valence-electron chi connectivity index (χ2n) is 3.61. The molecule has 2 heterocycles. The van der Waals surface area contributed by atoms with Gasteiger partial charge in [0.1, 0.15) is 6.10 Å². The first kappa shape index (κ1) is 11.6. The Morgan fingerprint density at radius 1 is 1.67 bits per heavy atom. The molecule has 0 N–H and O–H groups in total. The van der Waals surface area contributed by atoms with Gasteiger partial charge in [-0.25, -0.2) is 0 Å². The molecule has 1 aliphatic heterocycles. The molecule has 1 fully saturated rings. The van der Waals surface area contributed by atoms with Crippen LogP contribution in [0.4, 0.5) is 0 Å². The van der Waals surface area contributed by atoms with Crippen LogP contribution in [0.25, 0.3) is 0 Å². The van der Waals surface area contributed by atoms with E-state index in [1.54, 1.807) is 6.07 Å².